The summed E-state index contributed by atoms with van der Waals surface area (Å²) in [4.78, 5) is 0. The van der Waals surface area contributed by atoms with Crippen LogP contribution in [0.5, 0.6) is 0 Å². The van der Waals surface area contributed by atoms with Crippen LogP contribution in [0.25, 0.3) is 22.3 Å². The summed E-state index contributed by atoms with van der Waals surface area (Å²) in [6.45, 7) is 0. The van der Waals surface area contributed by atoms with Crippen molar-refractivity contribution >= 4 is 5.71 Å². The van der Waals surface area contributed by atoms with E-state index < -0.39 is 12.1 Å². The van der Waals surface area contributed by atoms with Crippen LogP contribution in [0.15, 0.2) is 84.0 Å². The first-order chi connectivity index (χ1) is 11.7. The summed E-state index contributed by atoms with van der Waals surface area (Å²) >= 11 is 0. The van der Waals surface area contributed by atoms with Gasteiger partial charge in [0, 0.05) is 5.56 Å². The predicted octanol–water partition coefficient (Wildman–Crippen LogP) is 5.46. The molecule has 3 aromatic rings. The van der Waals surface area contributed by atoms with Gasteiger partial charge in [-0.15, -0.1) is 0 Å². The van der Waals surface area contributed by atoms with Crippen molar-refractivity contribution in [2.24, 2.45) is 5.16 Å². The lowest BCUT2D eigenvalue weighted by Crippen LogP contribution is -2.11. The highest BCUT2D eigenvalue weighted by atomic mass is 19.3. The Hall–Kier alpha value is -3.01. The molecule has 4 heteroatoms. The molecule has 0 aromatic heterocycles. The summed E-state index contributed by atoms with van der Waals surface area (Å²) in [5.74, 6) is 0. The maximum atomic E-state index is 12.7. The Labute approximate surface area is 138 Å². The van der Waals surface area contributed by atoms with Gasteiger partial charge in [0.15, 0.2) is 5.71 Å². The number of alkyl halides is 2. The fourth-order valence-corrected chi connectivity index (χ4v) is 2.55. The van der Waals surface area contributed by atoms with Crippen LogP contribution in [0, 0.1) is 0 Å². The molecule has 0 heterocycles. The zero-order valence-corrected chi connectivity index (χ0v) is 12.7. The maximum absolute atomic E-state index is 12.7. The molecule has 0 aliphatic heterocycles. The third kappa shape index (κ3) is 3.33. The van der Waals surface area contributed by atoms with Crippen molar-refractivity contribution in [3.8, 4) is 22.3 Å². The SMILES string of the molecule is O/N=C(/c1ccc(-c2ccc(-c3ccccc3)cc2)cc1)C(F)F. The van der Waals surface area contributed by atoms with E-state index in [4.69, 9.17) is 5.21 Å². The highest BCUT2D eigenvalue weighted by Crippen LogP contribution is 2.25. The highest BCUT2D eigenvalue weighted by Gasteiger charge is 2.16. The molecule has 0 bridgehead atoms. The van der Waals surface area contributed by atoms with Crippen LogP contribution >= 0.6 is 0 Å². The first-order valence-corrected chi connectivity index (χ1v) is 7.45. The first kappa shape index (κ1) is 15.9. The molecule has 0 unspecified atom stereocenters. The van der Waals surface area contributed by atoms with E-state index in [1.807, 2.05) is 54.6 Å². The zero-order valence-electron chi connectivity index (χ0n) is 12.7. The van der Waals surface area contributed by atoms with Gasteiger partial charge in [0.2, 0.25) is 0 Å². The zero-order chi connectivity index (χ0) is 16.9. The lowest BCUT2D eigenvalue weighted by molar-refractivity contribution is 0.215. The molecule has 120 valence electrons. The average molecular weight is 323 g/mol. The second-order valence-corrected chi connectivity index (χ2v) is 5.31. The molecule has 0 saturated carbocycles. The van der Waals surface area contributed by atoms with Crippen LogP contribution in [-0.2, 0) is 0 Å². The van der Waals surface area contributed by atoms with Crippen LogP contribution < -0.4 is 0 Å². The Kier molecular flexibility index (Phi) is 4.66. The van der Waals surface area contributed by atoms with Gasteiger partial charge in [-0.05, 0) is 22.3 Å². The minimum atomic E-state index is -2.81. The van der Waals surface area contributed by atoms with Crippen LogP contribution in [-0.4, -0.2) is 17.3 Å². The summed E-state index contributed by atoms with van der Waals surface area (Å²) in [6, 6.07) is 24.6. The van der Waals surface area contributed by atoms with Gasteiger partial charge in [-0.1, -0.05) is 84.0 Å². The number of hydrogen-bond donors (Lipinski definition) is 1. The van der Waals surface area contributed by atoms with Crippen molar-refractivity contribution in [2.45, 2.75) is 6.43 Å². The van der Waals surface area contributed by atoms with Crippen molar-refractivity contribution in [2.75, 3.05) is 0 Å². The monoisotopic (exact) mass is 323 g/mol. The maximum Gasteiger partial charge on any atom is 0.284 e. The van der Waals surface area contributed by atoms with E-state index in [0.29, 0.717) is 0 Å². The minimum Gasteiger partial charge on any atom is -0.410 e. The fraction of sp³-hybridized carbons (Fsp3) is 0.0500. The molecule has 3 aromatic carbocycles. The van der Waals surface area contributed by atoms with Gasteiger partial charge in [-0.2, -0.15) is 0 Å². The van der Waals surface area contributed by atoms with Gasteiger partial charge in [0.25, 0.3) is 6.43 Å². The summed E-state index contributed by atoms with van der Waals surface area (Å²) in [7, 11) is 0. The number of halogens is 2. The van der Waals surface area contributed by atoms with E-state index in [2.05, 4.69) is 5.16 Å². The van der Waals surface area contributed by atoms with E-state index in [1.165, 1.54) is 12.1 Å². The van der Waals surface area contributed by atoms with Gasteiger partial charge < -0.3 is 5.21 Å². The second-order valence-electron chi connectivity index (χ2n) is 5.31. The molecule has 0 radical (unpaired) electrons. The number of rotatable bonds is 4. The molecule has 0 aliphatic carbocycles. The molecule has 1 N–H and O–H groups in total. The van der Waals surface area contributed by atoms with E-state index in [0.717, 1.165) is 22.3 Å². The van der Waals surface area contributed by atoms with Crippen LogP contribution in [0.4, 0.5) is 8.78 Å². The van der Waals surface area contributed by atoms with Crippen molar-refractivity contribution in [3.63, 3.8) is 0 Å². The molecule has 0 saturated heterocycles. The van der Waals surface area contributed by atoms with Crippen molar-refractivity contribution in [1.82, 2.24) is 0 Å². The third-order valence-electron chi connectivity index (χ3n) is 3.82. The molecular formula is C20H15F2NO. The summed E-state index contributed by atoms with van der Waals surface area (Å²) in [5.41, 5.74) is 3.73. The lowest BCUT2D eigenvalue weighted by atomic mass is 9.99. The van der Waals surface area contributed by atoms with Crippen molar-refractivity contribution in [1.29, 1.82) is 0 Å². The van der Waals surface area contributed by atoms with Gasteiger partial charge in [0.05, 0.1) is 0 Å². The average Bonchev–Trinajstić information content (AvgIpc) is 2.63. The number of benzene rings is 3. The normalized spacial score (nSPS) is 11.7. The van der Waals surface area contributed by atoms with Gasteiger partial charge in [-0.25, -0.2) is 8.78 Å². The smallest absolute Gasteiger partial charge is 0.284 e. The summed E-state index contributed by atoms with van der Waals surface area (Å²) in [5, 5.41) is 11.4. The Balaban J connectivity index is 1.85. The van der Waals surface area contributed by atoms with E-state index in [-0.39, 0.29) is 5.56 Å². The molecule has 0 atom stereocenters. The first-order valence-electron chi connectivity index (χ1n) is 7.45. The fourth-order valence-electron chi connectivity index (χ4n) is 2.55. The van der Waals surface area contributed by atoms with Crippen LogP contribution in [0.2, 0.25) is 0 Å². The number of hydrogen-bond acceptors (Lipinski definition) is 2. The van der Waals surface area contributed by atoms with Gasteiger partial charge >= 0.3 is 0 Å². The van der Waals surface area contributed by atoms with Crippen molar-refractivity contribution in [3.05, 3.63) is 84.4 Å². The molecule has 0 spiro atoms. The van der Waals surface area contributed by atoms with Gasteiger partial charge in [-0.3, -0.25) is 0 Å². The minimum absolute atomic E-state index is 0.206. The predicted molar refractivity (Wildman–Crippen MR) is 91.6 cm³/mol. The Morgan fingerprint density at radius 1 is 0.667 bits per heavy atom. The lowest BCUT2D eigenvalue weighted by Gasteiger charge is -2.07. The Morgan fingerprint density at radius 2 is 1.08 bits per heavy atom. The second kappa shape index (κ2) is 7.04. The highest BCUT2D eigenvalue weighted by molar-refractivity contribution is 6.02. The molecule has 2 nitrogen and oxygen atoms in total. The van der Waals surface area contributed by atoms with E-state index in [1.54, 1.807) is 12.1 Å². The Bertz CT molecular complexity index is 826. The van der Waals surface area contributed by atoms with Gasteiger partial charge in [0.1, 0.15) is 0 Å². The molecule has 0 amide bonds. The quantitative estimate of drug-likeness (QED) is 0.386. The largest absolute Gasteiger partial charge is 0.410 e. The Morgan fingerprint density at radius 3 is 1.50 bits per heavy atom. The van der Waals surface area contributed by atoms with E-state index in [9.17, 15) is 8.78 Å². The van der Waals surface area contributed by atoms with Crippen LogP contribution in [0.3, 0.4) is 0 Å². The van der Waals surface area contributed by atoms with Crippen molar-refractivity contribution < 1.29 is 14.0 Å². The molecule has 0 aliphatic rings. The standard InChI is InChI=1S/C20H15F2NO/c21-20(22)19(23-24)18-12-10-17(11-13-18)16-8-6-15(7-9-16)14-4-2-1-3-5-14/h1-13,20,24H/b23-19-. The molecule has 3 rings (SSSR count). The summed E-state index contributed by atoms with van der Waals surface area (Å²) in [6.07, 6.45) is -2.81. The number of oxime groups is 1. The molecule has 24 heavy (non-hydrogen) atoms. The topological polar surface area (TPSA) is 32.6 Å². The molecule has 0 fully saturated rings. The molecular weight excluding hydrogens is 308 g/mol. The number of nitrogens with zero attached hydrogens (tertiary/aromatic N) is 1. The van der Waals surface area contributed by atoms with Crippen LogP contribution in [0.1, 0.15) is 5.56 Å². The third-order valence-corrected chi connectivity index (χ3v) is 3.82. The summed E-state index contributed by atoms with van der Waals surface area (Å²) < 4.78 is 25.4. The van der Waals surface area contributed by atoms with E-state index >= 15 is 0 Å².